The Kier molecular flexibility index (Phi) is 2.72. The Balaban J connectivity index is 1.88. The lowest BCUT2D eigenvalue weighted by Crippen LogP contribution is -2.52. The largest absolute Gasteiger partial charge is 0.466 e. The Bertz CT molecular complexity index is 511. The van der Waals surface area contributed by atoms with Gasteiger partial charge in [-0.1, -0.05) is 13.5 Å². The summed E-state index contributed by atoms with van der Waals surface area (Å²) in [5.74, 6) is -0.0814. The number of Topliss-reactive ketones (excluding diaryl/α,β-unsaturated/α-hetero) is 1. The van der Waals surface area contributed by atoms with Crippen LogP contribution in [0.4, 0.5) is 0 Å². The second-order valence-corrected chi connectivity index (χ2v) is 6.90. The van der Waals surface area contributed by atoms with Crippen LogP contribution in [0.25, 0.3) is 0 Å². The summed E-state index contributed by atoms with van der Waals surface area (Å²) in [6.45, 7) is 8.02. The Morgan fingerprint density at radius 1 is 1.40 bits per heavy atom. The summed E-state index contributed by atoms with van der Waals surface area (Å²) in [6.07, 6.45) is 4.09. The van der Waals surface area contributed by atoms with Gasteiger partial charge in [-0.05, 0) is 38.5 Å². The van der Waals surface area contributed by atoms with Crippen molar-refractivity contribution in [1.29, 1.82) is 0 Å². The highest BCUT2D eigenvalue weighted by molar-refractivity contribution is 5.93. The second-order valence-electron chi connectivity index (χ2n) is 6.90. The summed E-state index contributed by atoms with van der Waals surface area (Å²) in [6, 6.07) is 0. The first kappa shape index (κ1) is 13.8. The van der Waals surface area contributed by atoms with Crippen molar-refractivity contribution < 1.29 is 19.1 Å². The molecule has 0 amide bonds. The van der Waals surface area contributed by atoms with Crippen LogP contribution in [0, 0.1) is 11.3 Å². The lowest BCUT2D eigenvalue weighted by molar-refractivity contribution is -0.137. The van der Waals surface area contributed by atoms with Gasteiger partial charge >= 0.3 is 5.97 Å². The van der Waals surface area contributed by atoms with E-state index in [2.05, 4.69) is 13.5 Å². The number of rotatable bonds is 2. The third-order valence-electron chi connectivity index (χ3n) is 6.04. The SMILES string of the molecule is C=C(C(=O)OC)[C@@H]1CC[C@@]2(C)CCC(=O)[C@@]3(C)O[C@@]23C1. The summed E-state index contributed by atoms with van der Waals surface area (Å²) in [5.41, 5.74) is -0.480. The van der Waals surface area contributed by atoms with Crippen LogP contribution >= 0.6 is 0 Å². The summed E-state index contributed by atoms with van der Waals surface area (Å²) < 4.78 is 10.8. The van der Waals surface area contributed by atoms with Crippen LogP contribution in [0.1, 0.15) is 46.0 Å². The molecule has 4 heteroatoms. The van der Waals surface area contributed by atoms with E-state index in [0.717, 1.165) is 19.3 Å². The highest BCUT2D eigenvalue weighted by atomic mass is 16.6. The normalized spacial score (nSPS) is 46.1. The molecular formula is C16H22O4. The molecule has 0 bridgehead atoms. The molecule has 4 nitrogen and oxygen atoms in total. The van der Waals surface area contributed by atoms with E-state index >= 15 is 0 Å². The maximum atomic E-state index is 12.2. The van der Waals surface area contributed by atoms with Gasteiger partial charge in [-0.15, -0.1) is 0 Å². The zero-order valence-electron chi connectivity index (χ0n) is 12.5. The monoisotopic (exact) mass is 278 g/mol. The van der Waals surface area contributed by atoms with Crippen molar-refractivity contribution in [2.45, 2.75) is 57.2 Å². The van der Waals surface area contributed by atoms with Gasteiger partial charge in [-0.25, -0.2) is 4.79 Å². The molecule has 2 saturated carbocycles. The lowest BCUT2D eigenvalue weighted by Gasteiger charge is -2.46. The van der Waals surface area contributed by atoms with Gasteiger partial charge in [0.2, 0.25) is 0 Å². The fraction of sp³-hybridized carbons (Fsp3) is 0.750. The van der Waals surface area contributed by atoms with Gasteiger partial charge in [0.05, 0.1) is 7.11 Å². The number of carbonyl (C=O) groups is 2. The van der Waals surface area contributed by atoms with E-state index in [1.807, 2.05) is 6.92 Å². The Hall–Kier alpha value is -1.16. The van der Waals surface area contributed by atoms with Gasteiger partial charge in [0.25, 0.3) is 0 Å². The fourth-order valence-electron chi connectivity index (χ4n) is 4.48. The Morgan fingerprint density at radius 2 is 2.10 bits per heavy atom. The van der Waals surface area contributed by atoms with Crippen molar-refractivity contribution in [3.63, 3.8) is 0 Å². The molecule has 2 aliphatic carbocycles. The first-order chi connectivity index (χ1) is 9.30. The zero-order chi connectivity index (χ0) is 14.8. The molecule has 1 aliphatic heterocycles. The minimum absolute atomic E-state index is 0.0442. The number of epoxide rings is 1. The lowest BCUT2D eigenvalue weighted by atomic mass is 9.54. The van der Waals surface area contributed by atoms with Crippen molar-refractivity contribution in [3.8, 4) is 0 Å². The van der Waals surface area contributed by atoms with Gasteiger partial charge < -0.3 is 9.47 Å². The number of methoxy groups -OCH3 is 1. The number of hydrogen-bond donors (Lipinski definition) is 0. The second kappa shape index (κ2) is 3.94. The van der Waals surface area contributed by atoms with Gasteiger partial charge in [0.15, 0.2) is 11.4 Å². The zero-order valence-corrected chi connectivity index (χ0v) is 12.5. The summed E-state index contributed by atoms with van der Waals surface area (Å²) in [4.78, 5) is 23.9. The van der Waals surface area contributed by atoms with Crippen molar-refractivity contribution in [2.75, 3.05) is 7.11 Å². The van der Waals surface area contributed by atoms with E-state index in [1.54, 1.807) is 0 Å². The summed E-state index contributed by atoms with van der Waals surface area (Å²) in [7, 11) is 1.38. The predicted molar refractivity (Wildman–Crippen MR) is 73.1 cm³/mol. The maximum absolute atomic E-state index is 12.2. The Morgan fingerprint density at radius 3 is 2.75 bits per heavy atom. The van der Waals surface area contributed by atoms with Crippen molar-refractivity contribution in [3.05, 3.63) is 12.2 Å². The van der Waals surface area contributed by atoms with E-state index < -0.39 is 11.2 Å². The summed E-state index contributed by atoms with van der Waals surface area (Å²) >= 11 is 0. The first-order valence-electron chi connectivity index (χ1n) is 7.30. The quantitative estimate of drug-likeness (QED) is 0.442. The van der Waals surface area contributed by atoms with Gasteiger partial charge in [-0.2, -0.15) is 0 Å². The van der Waals surface area contributed by atoms with E-state index in [0.29, 0.717) is 18.4 Å². The van der Waals surface area contributed by atoms with Crippen molar-refractivity contribution >= 4 is 11.8 Å². The molecule has 3 fully saturated rings. The average molecular weight is 278 g/mol. The molecule has 0 unspecified atom stereocenters. The minimum Gasteiger partial charge on any atom is -0.466 e. The molecule has 1 saturated heterocycles. The third kappa shape index (κ3) is 1.46. The van der Waals surface area contributed by atoms with Crippen LogP contribution in [0.2, 0.25) is 0 Å². The molecule has 0 aromatic heterocycles. The molecular weight excluding hydrogens is 256 g/mol. The van der Waals surface area contributed by atoms with Crippen LogP contribution < -0.4 is 0 Å². The number of hydrogen-bond acceptors (Lipinski definition) is 4. The molecule has 3 aliphatic rings. The Labute approximate surface area is 119 Å². The van der Waals surface area contributed by atoms with Crippen LogP contribution in [-0.4, -0.2) is 30.1 Å². The summed E-state index contributed by atoms with van der Waals surface area (Å²) in [5, 5.41) is 0. The molecule has 4 atom stereocenters. The molecule has 20 heavy (non-hydrogen) atoms. The van der Waals surface area contributed by atoms with E-state index in [4.69, 9.17) is 9.47 Å². The molecule has 1 heterocycles. The average Bonchev–Trinajstić information content (AvgIpc) is 3.06. The van der Waals surface area contributed by atoms with E-state index in [9.17, 15) is 9.59 Å². The smallest absolute Gasteiger partial charge is 0.333 e. The number of ketones is 1. The van der Waals surface area contributed by atoms with Gasteiger partial charge in [0, 0.05) is 17.4 Å². The van der Waals surface area contributed by atoms with E-state index in [1.165, 1.54) is 7.11 Å². The standard InChI is InChI=1S/C16H22O4/c1-10(13(18)19-4)11-5-7-14(2)8-6-12(17)15(3)16(14,9-11)20-15/h11H,1,5-9H2,2-4H3/t11-,14+,15-,16+/m1/s1. The van der Waals surface area contributed by atoms with E-state index in [-0.39, 0.29) is 23.1 Å². The molecule has 0 aromatic carbocycles. The highest BCUT2D eigenvalue weighted by Gasteiger charge is 2.80. The minimum atomic E-state index is -0.644. The number of carbonyl (C=O) groups excluding carboxylic acids is 2. The highest BCUT2D eigenvalue weighted by Crippen LogP contribution is 2.70. The molecule has 0 radical (unpaired) electrons. The molecule has 1 spiro atoms. The van der Waals surface area contributed by atoms with Crippen molar-refractivity contribution in [2.24, 2.45) is 11.3 Å². The third-order valence-corrected chi connectivity index (χ3v) is 6.04. The van der Waals surface area contributed by atoms with Crippen LogP contribution in [0.15, 0.2) is 12.2 Å². The number of ether oxygens (including phenoxy) is 2. The topological polar surface area (TPSA) is 55.9 Å². The molecule has 110 valence electrons. The predicted octanol–water partition coefficient (Wildman–Crippen LogP) is 2.41. The fourth-order valence-corrected chi connectivity index (χ4v) is 4.48. The van der Waals surface area contributed by atoms with Gasteiger partial charge in [-0.3, -0.25) is 4.79 Å². The van der Waals surface area contributed by atoms with Crippen LogP contribution in [0.5, 0.6) is 0 Å². The first-order valence-corrected chi connectivity index (χ1v) is 7.30. The molecule has 3 rings (SSSR count). The van der Waals surface area contributed by atoms with Crippen LogP contribution in [-0.2, 0) is 19.1 Å². The molecule has 0 N–H and O–H groups in total. The number of esters is 1. The molecule has 0 aromatic rings. The van der Waals surface area contributed by atoms with Crippen molar-refractivity contribution in [1.82, 2.24) is 0 Å². The van der Waals surface area contributed by atoms with Crippen LogP contribution in [0.3, 0.4) is 0 Å². The van der Waals surface area contributed by atoms with Gasteiger partial charge in [0.1, 0.15) is 5.60 Å². The maximum Gasteiger partial charge on any atom is 0.333 e.